The van der Waals surface area contributed by atoms with E-state index in [0.29, 0.717) is 0 Å². The Labute approximate surface area is 117 Å². The second-order valence-corrected chi connectivity index (χ2v) is 5.83. The number of rotatable bonds is 3. The fourth-order valence-electron chi connectivity index (χ4n) is 2.05. The van der Waals surface area contributed by atoms with E-state index in [2.05, 4.69) is 5.32 Å². The second-order valence-electron chi connectivity index (χ2n) is 4.61. The number of halogens is 4. The van der Waals surface area contributed by atoms with Crippen molar-refractivity contribution in [3.8, 4) is 0 Å². The Hall–Kier alpha value is -1.24. The lowest BCUT2D eigenvalue weighted by molar-refractivity contribution is 0.0935. The first-order chi connectivity index (χ1) is 9.50. The fourth-order valence-corrected chi connectivity index (χ4v) is 3.25. The first-order valence-electron chi connectivity index (χ1n) is 6.19. The molecule has 7 heteroatoms. The lowest BCUT2D eigenvalue weighted by atomic mass is 10.0. The highest BCUT2D eigenvalue weighted by molar-refractivity contribution is 7.99. The minimum Gasteiger partial charge on any atom is -0.352 e. The summed E-state index contributed by atoms with van der Waals surface area (Å²) in [5.41, 5.74) is -1.20. The van der Waals surface area contributed by atoms with Gasteiger partial charge in [-0.25, -0.2) is 17.6 Å². The third-order valence-electron chi connectivity index (χ3n) is 3.23. The molecule has 0 radical (unpaired) electrons. The van der Waals surface area contributed by atoms with Gasteiger partial charge in [-0.3, -0.25) is 4.79 Å². The van der Waals surface area contributed by atoms with E-state index in [4.69, 9.17) is 0 Å². The van der Waals surface area contributed by atoms with Gasteiger partial charge in [-0.15, -0.1) is 0 Å². The summed E-state index contributed by atoms with van der Waals surface area (Å²) in [4.78, 5) is 11.7. The predicted octanol–water partition coefficient (Wildman–Crippen LogP) is 3.12. The van der Waals surface area contributed by atoms with Crippen LogP contribution in [0.4, 0.5) is 17.6 Å². The normalized spacial score (nSPS) is 16.2. The maximum absolute atomic E-state index is 13.4. The molecule has 1 aliphatic rings. The zero-order valence-corrected chi connectivity index (χ0v) is 11.3. The lowest BCUT2D eigenvalue weighted by Crippen LogP contribution is -2.32. The van der Waals surface area contributed by atoms with Gasteiger partial charge in [0.15, 0.2) is 23.3 Å². The molecular formula is C13H13F4NOS. The van der Waals surface area contributed by atoms with Crippen molar-refractivity contribution in [1.82, 2.24) is 5.32 Å². The van der Waals surface area contributed by atoms with Crippen molar-refractivity contribution in [2.24, 2.45) is 5.92 Å². The van der Waals surface area contributed by atoms with Crippen molar-refractivity contribution in [2.75, 3.05) is 18.1 Å². The van der Waals surface area contributed by atoms with E-state index < -0.39 is 34.7 Å². The topological polar surface area (TPSA) is 29.1 Å². The van der Waals surface area contributed by atoms with Crippen LogP contribution in [0.15, 0.2) is 6.07 Å². The van der Waals surface area contributed by atoms with Crippen LogP contribution in [0, 0.1) is 29.2 Å². The largest absolute Gasteiger partial charge is 0.352 e. The molecule has 1 saturated heterocycles. The van der Waals surface area contributed by atoms with Crippen LogP contribution in [0.25, 0.3) is 0 Å². The van der Waals surface area contributed by atoms with Crippen LogP contribution >= 0.6 is 11.8 Å². The van der Waals surface area contributed by atoms with Crippen molar-refractivity contribution < 1.29 is 22.4 Å². The number of benzene rings is 1. The summed E-state index contributed by atoms with van der Waals surface area (Å²) in [6.45, 7) is 0.246. The van der Waals surface area contributed by atoms with E-state index in [9.17, 15) is 22.4 Å². The number of thioether (sulfide) groups is 1. The molecule has 110 valence electrons. The average molecular weight is 307 g/mol. The molecule has 1 aromatic carbocycles. The van der Waals surface area contributed by atoms with E-state index in [1.807, 2.05) is 0 Å². The molecule has 0 atom stereocenters. The number of nitrogens with one attached hydrogen (secondary N) is 1. The molecule has 0 saturated carbocycles. The van der Waals surface area contributed by atoms with E-state index in [1.165, 1.54) is 0 Å². The molecule has 1 heterocycles. The zero-order chi connectivity index (χ0) is 14.7. The minimum atomic E-state index is -1.67. The highest BCUT2D eigenvalue weighted by Crippen LogP contribution is 2.23. The lowest BCUT2D eigenvalue weighted by Gasteiger charge is -2.21. The van der Waals surface area contributed by atoms with Gasteiger partial charge >= 0.3 is 0 Å². The standard InChI is InChI=1S/C13H13F4NOS/c14-8-5-9(15)12(17)10(11(8)16)13(19)18-6-7-1-3-20-4-2-7/h5,7H,1-4,6H2,(H,18,19). The molecule has 1 aliphatic heterocycles. The van der Waals surface area contributed by atoms with Gasteiger partial charge in [0.25, 0.3) is 5.91 Å². The van der Waals surface area contributed by atoms with Crippen LogP contribution < -0.4 is 5.32 Å². The number of carbonyl (C=O) groups is 1. The van der Waals surface area contributed by atoms with Crippen molar-refractivity contribution in [1.29, 1.82) is 0 Å². The Kier molecular flexibility index (Phi) is 4.91. The minimum absolute atomic E-state index is 0.0831. The third kappa shape index (κ3) is 3.26. The number of amides is 1. The average Bonchev–Trinajstić information content (AvgIpc) is 2.44. The van der Waals surface area contributed by atoms with Crippen molar-refractivity contribution in [3.63, 3.8) is 0 Å². The van der Waals surface area contributed by atoms with Gasteiger partial charge < -0.3 is 5.32 Å². The predicted molar refractivity (Wildman–Crippen MR) is 68.7 cm³/mol. The maximum atomic E-state index is 13.4. The van der Waals surface area contributed by atoms with Gasteiger partial charge in [-0.05, 0) is 30.3 Å². The summed E-state index contributed by atoms with van der Waals surface area (Å²) in [6, 6.07) is 0.0831. The van der Waals surface area contributed by atoms with Gasteiger partial charge in [0.1, 0.15) is 5.56 Å². The fraction of sp³-hybridized carbons (Fsp3) is 0.462. The highest BCUT2D eigenvalue weighted by Gasteiger charge is 2.25. The first kappa shape index (κ1) is 15.2. The molecule has 20 heavy (non-hydrogen) atoms. The molecule has 2 nitrogen and oxygen atoms in total. The SMILES string of the molecule is O=C(NCC1CCSCC1)c1c(F)c(F)cc(F)c1F. The molecular weight excluding hydrogens is 294 g/mol. The summed E-state index contributed by atoms with van der Waals surface area (Å²) < 4.78 is 52.8. The second kappa shape index (κ2) is 6.47. The van der Waals surface area contributed by atoms with Crippen LogP contribution in [0.2, 0.25) is 0 Å². The Morgan fingerprint density at radius 3 is 2.25 bits per heavy atom. The maximum Gasteiger partial charge on any atom is 0.257 e. The smallest absolute Gasteiger partial charge is 0.257 e. The van der Waals surface area contributed by atoms with E-state index in [-0.39, 0.29) is 18.5 Å². The van der Waals surface area contributed by atoms with Crippen molar-refractivity contribution in [2.45, 2.75) is 12.8 Å². The zero-order valence-electron chi connectivity index (χ0n) is 10.5. The summed E-state index contributed by atoms with van der Waals surface area (Å²) in [5.74, 6) is -5.45. The van der Waals surface area contributed by atoms with Crippen LogP contribution in [0.1, 0.15) is 23.2 Å². The molecule has 1 fully saturated rings. The van der Waals surface area contributed by atoms with Crippen LogP contribution in [0.5, 0.6) is 0 Å². The highest BCUT2D eigenvalue weighted by atomic mass is 32.2. The summed E-state index contributed by atoms with van der Waals surface area (Å²) in [5, 5.41) is 2.34. The molecule has 0 aromatic heterocycles. The Morgan fingerprint density at radius 1 is 1.15 bits per heavy atom. The Morgan fingerprint density at radius 2 is 1.70 bits per heavy atom. The van der Waals surface area contributed by atoms with Crippen LogP contribution in [-0.4, -0.2) is 24.0 Å². The number of hydrogen-bond donors (Lipinski definition) is 1. The van der Waals surface area contributed by atoms with E-state index in [0.717, 1.165) is 24.3 Å². The Bertz CT molecular complexity index is 491. The van der Waals surface area contributed by atoms with E-state index >= 15 is 0 Å². The van der Waals surface area contributed by atoms with E-state index in [1.54, 1.807) is 11.8 Å². The molecule has 2 rings (SSSR count). The number of carbonyl (C=O) groups excluding carboxylic acids is 1. The molecule has 0 unspecified atom stereocenters. The van der Waals surface area contributed by atoms with Gasteiger partial charge in [-0.1, -0.05) is 0 Å². The molecule has 1 N–H and O–H groups in total. The molecule has 1 aromatic rings. The first-order valence-corrected chi connectivity index (χ1v) is 7.35. The molecule has 1 amide bonds. The van der Waals surface area contributed by atoms with Crippen LogP contribution in [-0.2, 0) is 0 Å². The quantitative estimate of drug-likeness (QED) is 0.687. The summed E-state index contributed by atoms with van der Waals surface area (Å²) in [6.07, 6.45) is 1.79. The Balaban J connectivity index is 2.09. The van der Waals surface area contributed by atoms with Crippen LogP contribution in [0.3, 0.4) is 0 Å². The third-order valence-corrected chi connectivity index (χ3v) is 4.28. The molecule has 0 aliphatic carbocycles. The molecule has 0 bridgehead atoms. The van der Waals surface area contributed by atoms with Crippen molar-refractivity contribution >= 4 is 17.7 Å². The van der Waals surface area contributed by atoms with Gasteiger partial charge in [0.05, 0.1) is 0 Å². The summed E-state index contributed by atoms with van der Waals surface area (Å²) >= 11 is 1.81. The number of hydrogen-bond acceptors (Lipinski definition) is 2. The monoisotopic (exact) mass is 307 g/mol. The van der Waals surface area contributed by atoms with Crippen molar-refractivity contribution in [3.05, 3.63) is 34.9 Å². The van der Waals surface area contributed by atoms with Gasteiger partial charge in [0, 0.05) is 12.6 Å². The summed E-state index contributed by atoms with van der Waals surface area (Å²) in [7, 11) is 0. The van der Waals surface area contributed by atoms with Gasteiger partial charge in [0.2, 0.25) is 0 Å². The molecule has 0 spiro atoms. The van der Waals surface area contributed by atoms with Gasteiger partial charge in [-0.2, -0.15) is 11.8 Å².